The van der Waals surface area contributed by atoms with Crippen LogP contribution in [0.3, 0.4) is 0 Å². The number of amides is 1. The first-order valence-electron chi connectivity index (χ1n) is 9.31. The van der Waals surface area contributed by atoms with E-state index < -0.39 is 29.6 Å². The summed E-state index contributed by atoms with van der Waals surface area (Å²) in [5.74, 6) is -0.957. The predicted molar refractivity (Wildman–Crippen MR) is 103 cm³/mol. The average molecular weight is 437 g/mol. The van der Waals surface area contributed by atoms with Crippen molar-refractivity contribution in [2.45, 2.75) is 26.1 Å². The van der Waals surface area contributed by atoms with Crippen molar-refractivity contribution in [2.75, 3.05) is 18.4 Å². The summed E-state index contributed by atoms with van der Waals surface area (Å²) >= 11 is 0. The Kier molecular flexibility index (Phi) is 6.47. The molecular formula is C19H19F4N7O. The first-order chi connectivity index (χ1) is 14.7. The van der Waals surface area contributed by atoms with Crippen LogP contribution in [0, 0.1) is 5.82 Å². The highest BCUT2D eigenvalue weighted by molar-refractivity contribution is 5.98. The SMILES string of the molecule is CCN(C(=O)c1cccc(F)c1-n1nccn1)C(C)CNc1cnc(C(F)(F)F)cn1. The molecule has 1 unspecified atom stereocenters. The first-order valence-corrected chi connectivity index (χ1v) is 9.31. The average Bonchev–Trinajstić information content (AvgIpc) is 3.26. The van der Waals surface area contributed by atoms with Crippen LogP contribution in [0.4, 0.5) is 23.4 Å². The van der Waals surface area contributed by atoms with Crippen LogP contribution in [-0.4, -0.2) is 54.9 Å². The summed E-state index contributed by atoms with van der Waals surface area (Å²) in [6, 6.07) is 3.71. The van der Waals surface area contributed by atoms with E-state index in [4.69, 9.17) is 0 Å². The molecule has 0 spiro atoms. The molecule has 2 heterocycles. The van der Waals surface area contributed by atoms with Crippen molar-refractivity contribution in [3.05, 3.63) is 60.1 Å². The summed E-state index contributed by atoms with van der Waals surface area (Å²) in [5.41, 5.74) is -1.08. The first kappa shape index (κ1) is 22.1. The van der Waals surface area contributed by atoms with E-state index >= 15 is 0 Å². The van der Waals surface area contributed by atoms with Crippen LogP contribution < -0.4 is 5.32 Å². The van der Waals surface area contributed by atoms with E-state index in [1.165, 1.54) is 35.5 Å². The van der Waals surface area contributed by atoms with Gasteiger partial charge < -0.3 is 10.2 Å². The van der Waals surface area contributed by atoms with Crippen molar-refractivity contribution in [3.8, 4) is 5.69 Å². The summed E-state index contributed by atoms with van der Waals surface area (Å²) < 4.78 is 52.2. The van der Waals surface area contributed by atoms with E-state index in [-0.39, 0.29) is 23.6 Å². The molecule has 8 nitrogen and oxygen atoms in total. The lowest BCUT2D eigenvalue weighted by molar-refractivity contribution is -0.141. The van der Waals surface area contributed by atoms with Gasteiger partial charge in [0.25, 0.3) is 5.91 Å². The molecule has 12 heteroatoms. The van der Waals surface area contributed by atoms with Crippen LogP contribution in [0.15, 0.2) is 43.0 Å². The second-order valence-corrected chi connectivity index (χ2v) is 6.56. The Labute approximate surface area is 174 Å². The highest BCUT2D eigenvalue weighted by Crippen LogP contribution is 2.27. The standard InChI is InChI=1S/C19H19F4N7O/c1-3-29(12(2)9-25-16-11-24-15(10-26-16)19(21,22)23)18(31)13-5-4-6-14(20)17(13)30-27-7-8-28-30/h4-8,10-12H,3,9H2,1-2H3,(H,25,26). The lowest BCUT2D eigenvalue weighted by Crippen LogP contribution is -2.42. The van der Waals surface area contributed by atoms with E-state index in [1.807, 2.05) is 0 Å². The summed E-state index contributed by atoms with van der Waals surface area (Å²) in [6.07, 6.45) is -0.226. The second-order valence-electron chi connectivity index (χ2n) is 6.56. The molecule has 3 aromatic rings. The van der Waals surface area contributed by atoms with E-state index in [1.54, 1.807) is 13.8 Å². The minimum absolute atomic E-state index is 0.0651. The number of nitrogens with zero attached hydrogens (tertiary/aromatic N) is 6. The van der Waals surface area contributed by atoms with Gasteiger partial charge in [0.1, 0.15) is 11.5 Å². The van der Waals surface area contributed by atoms with E-state index in [9.17, 15) is 22.4 Å². The van der Waals surface area contributed by atoms with Gasteiger partial charge in [-0.05, 0) is 26.0 Å². The molecule has 0 fully saturated rings. The number of likely N-dealkylation sites (N-methyl/N-ethyl adjacent to an activating group) is 1. The van der Waals surface area contributed by atoms with Crippen LogP contribution in [0.25, 0.3) is 5.69 Å². The molecule has 2 aromatic heterocycles. The Morgan fingerprint density at radius 1 is 1.19 bits per heavy atom. The number of nitrogens with one attached hydrogen (secondary N) is 1. The molecule has 0 aliphatic heterocycles. The fourth-order valence-corrected chi connectivity index (χ4v) is 2.96. The van der Waals surface area contributed by atoms with Gasteiger partial charge in [-0.2, -0.15) is 23.4 Å². The summed E-state index contributed by atoms with van der Waals surface area (Å²) in [6.45, 7) is 4.00. The van der Waals surface area contributed by atoms with Crippen LogP contribution in [0.2, 0.25) is 0 Å². The normalized spacial score (nSPS) is 12.5. The zero-order valence-electron chi connectivity index (χ0n) is 16.6. The fourth-order valence-electron chi connectivity index (χ4n) is 2.96. The van der Waals surface area contributed by atoms with Crippen molar-refractivity contribution in [1.29, 1.82) is 0 Å². The number of carbonyl (C=O) groups is 1. The van der Waals surface area contributed by atoms with E-state index in [0.29, 0.717) is 12.7 Å². The third-order valence-electron chi connectivity index (χ3n) is 4.49. The van der Waals surface area contributed by atoms with Gasteiger partial charge in [-0.3, -0.25) is 4.79 Å². The monoisotopic (exact) mass is 437 g/mol. The molecule has 1 atom stereocenters. The lowest BCUT2D eigenvalue weighted by atomic mass is 10.1. The number of anilines is 1. The van der Waals surface area contributed by atoms with Crippen molar-refractivity contribution < 1.29 is 22.4 Å². The topological polar surface area (TPSA) is 88.8 Å². The molecule has 3 rings (SSSR count). The third-order valence-corrected chi connectivity index (χ3v) is 4.49. The molecule has 164 valence electrons. The van der Waals surface area contributed by atoms with Gasteiger partial charge >= 0.3 is 6.18 Å². The Bertz CT molecular complexity index is 1020. The number of hydrogen-bond acceptors (Lipinski definition) is 6. The maximum absolute atomic E-state index is 14.4. The maximum atomic E-state index is 14.4. The summed E-state index contributed by atoms with van der Waals surface area (Å²) in [5, 5.41) is 10.7. The highest BCUT2D eigenvalue weighted by Gasteiger charge is 2.32. The number of para-hydroxylation sites is 1. The van der Waals surface area contributed by atoms with Crippen LogP contribution in [0.1, 0.15) is 29.9 Å². The number of rotatable bonds is 7. The van der Waals surface area contributed by atoms with Gasteiger partial charge in [0.05, 0.1) is 30.4 Å². The zero-order valence-corrected chi connectivity index (χ0v) is 16.6. The van der Waals surface area contributed by atoms with Gasteiger partial charge in [0.2, 0.25) is 0 Å². The minimum Gasteiger partial charge on any atom is -0.367 e. The zero-order chi connectivity index (χ0) is 22.6. The predicted octanol–water partition coefficient (Wildman–Crippen LogP) is 3.18. The quantitative estimate of drug-likeness (QED) is 0.572. The maximum Gasteiger partial charge on any atom is 0.434 e. The minimum atomic E-state index is -4.57. The van der Waals surface area contributed by atoms with Crippen LogP contribution >= 0.6 is 0 Å². The van der Waals surface area contributed by atoms with Crippen molar-refractivity contribution in [1.82, 2.24) is 29.9 Å². The van der Waals surface area contributed by atoms with E-state index in [0.717, 1.165) is 11.0 Å². The number of aromatic nitrogens is 5. The highest BCUT2D eigenvalue weighted by atomic mass is 19.4. The van der Waals surface area contributed by atoms with Gasteiger partial charge in [0.15, 0.2) is 11.5 Å². The van der Waals surface area contributed by atoms with Crippen LogP contribution in [-0.2, 0) is 6.18 Å². The largest absolute Gasteiger partial charge is 0.434 e. The smallest absolute Gasteiger partial charge is 0.367 e. The molecule has 0 radical (unpaired) electrons. The Morgan fingerprint density at radius 2 is 1.90 bits per heavy atom. The van der Waals surface area contributed by atoms with E-state index in [2.05, 4.69) is 25.5 Å². The van der Waals surface area contributed by atoms with Crippen molar-refractivity contribution in [2.24, 2.45) is 0 Å². The lowest BCUT2D eigenvalue weighted by Gasteiger charge is -2.29. The Hall–Kier alpha value is -3.57. The Balaban J connectivity index is 1.75. The van der Waals surface area contributed by atoms with Gasteiger partial charge in [-0.25, -0.2) is 14.4 Å². The number of carbonyl (C=O) groups excluding carboxylic acids is 1. The molecule has 31 heavy (non-hydrogen) atoms. The number of hydrogen-bond donors (Lipinski definition) is 1. The molecule has 0 aliphatic rings. The van der Waals surface area contributed by atoms with Crippen LogP contribution in [0.5, 0.6) is 0 Å². The molecule has 1 aromatic carbocycles. The second kappa shape index (κ2) is 9.06. The number of benzene rings is 1. The summed E-state index contributed by atoms with van der Waals surface area (Å²) in [7, 11) is 0. The van der Waals surface area contributed by atoms with Gasteiger partial charge in [0, 0.05) is 19.1 Å². The Morgan fingerprint density at radius 3 is 2.48 bits per heavy atom. The third kappa shape index (κ3) is 4.95. The molecule has 0 aliphatic carbocycles. The fraction of sp³-hybridized carbons (Fsp3) is 0.316. The number of alkyl halides is 3. The van der Waals surface area contributed by atoms with Gasteiger partial charge in [-0.15, -0.1) is 4.80 Å². The van der Waals surface area contributed by atoms with Crippen molar-refractivity contribution in [3.63, 3.8) is 0 Å². The van der Waals surface area contributed by atoms with Crippen molar-refractivity contribution >= 4 is 11.7 Å². The molecule has 1 amide bonds. The molecular weight excluding hydrogens is 418 g/mol. The molecule has 0 saturated carbocycles. The molecule has 0 saturated heterocycles. The molecule has 1 N–H and O–H groups in total. The van der Waals surface area contributed by atoms with Gasteiger partial charge in [-0.1, -0.05) is 6.07 Å². The number of halogens is 4. The summed E-state index contributed by atoms with van der Waals surface area (Å²) in [4.78, 5) is 22.7. The molecule has 0 bridgehead atoms.